The number of fused-ring (bicyclic) bond motifs is 1. The minimum Gasteiger partial charge on any atom is -0.340 e. The topological polar surface area (TPSA) is 72.0 Å². The van der Waals surface area contributed by atoms with Crippen LogP contribution in [0.25, 0.3) is 10.9 Å². The van der Waals surface area contributed by atoms with Crippen LogP contribution in [0.2, 0.25) is 0 Å². The third-order valence-electron chi connectivity index (χ3n) is 3.32. The maximum Gasteiger partial charge on any atom is 0.175 e. The molecule has 5 nitrogen and oxygen atoms in total. The van der Waals surface area contributed by atoms with Crippen molar-refractivity contribution in [2.45, 2.75) is 11.8 Å². The highest BCUT2D eigenvalue weighted by Gasteiger charge is 2.11. The Balaban J connectivity index is 2.13. The summed E-state index contributed by atoms with van der Waals surface area (Å²) < 4.78 is 23.5. The lowest BCUT2D eigenvalue weighted by atomic mass is 10.2. The first-order chi connectivity index (χ1) is 10.4. The molecule has 0 aliphatic heterocycles. The van der Waals surface area contributed by atoms with Gasteiger partial charge in [-0.2, -0.15) is 0 Å². The van der Waals surface area contributed by atoms with Gasteiger partial charge in [-0.3, -0.25) is 0 Å². The fraction of sp³-hybridized carbons (Fsp3) is 0.125. The van der Waals surface area contributed by atoms with Crippen LogP contribution >= 0.6 is 0 Å². The molecular formula is C16H15N3O2S. The monoisotopic (exact) mass is 313 g/mol. The second-order valence-electron chi connectivity index (χ2n) is 5.17. The predicted octanol–water partition coefficient (Wildman–Crippen LogP) is 3.09. The number of nitrogens with one attached hydrogen (secondary N) is 1. The highest BCUT2D eigenvalue weighted by Crippen LogP contribution is 2.25. The summed E-state index contributed by atoms with van der Waals surface area (Å²) in [5, 5.41) is 3.89. The molecule has 1 heterocycles. The van der Waals surface area contributed by atoms with E-state index in [0.29, 0.717) is 16.7 Å². The lowest BCUT2D eigenvalue weighted by Gasteiger charge is -2.09. The molecule has 0 bridgehead atoms. The molecule has 6 heteroatoms. The molecule has 112 valence electrons. The van der Waals surface area contributed by atoms with Crippen molar-refractivity contribution in [3.05, 3.63) is 54.4 Å². The number of anilines is 2. The molecule has 1 N–H and O–H groups in total. The Hall–Kier alpha value is -2.47. The minimum atomic E-state index is -3.27. The van der Waals surface area contributed by atoms with Gasteiger partial charge in [0.2, 0.25) is 0 Å². The summed E-state index contributed by atoms with van der Waals surface area (Å²) in [4.78, 5) is 8.67. The van der Waals surface area contributed by atoms with E-state index in [1.54, 1.807) is 18.2 Å². The number of aromatic nitrogens is 2. The zero-order chi connectivity index (χ0) is 15.7. The van der Waals surface area contributed by atoms with Crippen molar-refractivity contribution in [3.63, 3.8) is 0 Å². The molecule has 2 aromatic carbocycles. The van der Waals surface area contributed by atoms with E-state index in [0.717, 1.165) is 11.3 Å². The molecule has 0 atom stereocenters. The van der Waals surface area contributed by atoms with Gasteiger partial charge < -0.3 is 5.32 Å². The summed E-state index contributed by atoms with van der Waals surface area (Å²) in [7, 11) is -3.27. The molecule has 0 radical (unpaired) electrons. The van der Waals surface area contributed by atoms with Crippen molar-refractivity contribution >= 4 is 32.2 Å². The first kappa shape index (κ1) is 14.5. The van der Waals surface area contributed by atoms with Crippen LogP contribution in [0.5, 0.6) is 0 Å². The van der Waals surface area contributed by atoms with Gasteiger partial charge in [-0.05, 0) is 42.8 Å². The molecule has 0 saturated carbocycles. The Bertz CT molecular complexity index is 953. The standard InChI is InChI=1S/C16H15N3O2S/c1-11-4-3-5-12(8-11)19-16-14-9-13(22(2,20)21)6-7-15(14)17-10-18-16/h3-10H,1-2H3,(H,17,18,19). The molecule has 22 heavy (non-hydrogen) atoms. The fourth-order valence-corrected chi connectivity index (χ4v) is 2.87. The number of aryl methyl sites for hydroxylation is 1. The third-order valence-corrected chi connectivity index (χ3v) is 4.43. The highest BCUT2D eigenvalue weighted by atomic mass is 32.2. The lowest BCUT2D eigenvalue weighted by Crippen LogP contribution is -2.00. The molecule has 0 amide bonds. The number of benzene rings is 2. The normalized spacial score (nSPS) is 11.5. The fourth-order valence-electron chi connectivity index (χ4n) is 2.23. The van der Waals surface area contributed by atoms with Gasteiger partial charge in [-0.1, -0.05) is 12.1 Å². The maximum absolute atomic E-state index is 11.7. The largest absolute Gasteiger partial charge is 0.340 e. The molecule has 0 spiro atoms. The summed E-state index contributed by atoms with van der Waals surface area (Å²) in [6.07, 6.45) is 2.65. The summed E-state index contributed by atoms with van der Waals surface area (Å²) in [6.45, 7) is 2.00. The van der Waals surface area contributed by atoms with E-state index < -0.39 is 9.84 Å². The zero-order valence-electron chi connectivity index (χ0n) is 12.2. The maximum atomic E-state index is 11.7. The van der Waals surface area contributed by atoms with E-state index >= 15 is 0 Å². The molecule has 3 rings (SSSR count). The van der Waals surface area contributed by atoms with Crippen molar-refractivity contribution in [1.29, 1.82) is 0 Å². The average Bonchev–Trinajstić information content (AvgIpc) is 2.46. The van der Waals surface area contributed by atoms with Gasteiger partial charge in [0.1, 0.15) is 12.1 Å². The smallest absolute Gasteiger partial charge is 0.175 e. The summed E-state index contributed by atoms with van der Waals surface area (Å²) >= 11 is 0. The van der Waals surface area contributed by atoms with Crippen LogP contribution in [0.3, 0.4) is 0 Å². The molecule has 0 aliphatic carbocycles. The number of nitrogens with zero attached hydrogens (tertiary/aromatic N) is 2. The van der Waals surface area contributed by atoms with Crippen LogP contribution in [0.15, 0.2) is 53.7 Å². The van der Waals surface area contributed by atoms with Gasteiger partial charge >= 0.3 is 0 Å². The Morgan fingerprint density at radius 1 is 1.05 bits per heavy atom. The number of rotatable bonds is 3. The van der Waals surface area contributed by atoms with Gasteiger partial charge in [0.05, 0.1) is 10.4 Å². The Morgan fingerprint density at radius 2 is 1.86 bits per heavy atom. The van der Waals surface area contributed by atoms with Gasteiger partial charge in [-0.25, -0.2) is 18.4 Å². The summed E-state index contributed by atoms with van der Waals surface area (Å²) in [5.74, 6) is 0.584. The first-order valence-corrected chi connectivity index (χ1v) is 8.61. The molecule has 0 unspecified atom stereocenters. The van der Waals surface area contributed by atoms with Gasteiger partial charge in [0.15, 0.2) is 9.84 Å². The highest BCUT2D eigenvalue weighted by molar-refractivity contribution is 7.90. The van der Waals surface area contributed by atoms with E-state index in [4.69, 9.17) is 0 Å². The number of hydrogen-bond donors (Lipinski definition) is 1. The minimum absolute atomic E-state index is 0.252. The average molecular weight is 313 g/mol. The molecule has 1 aromatic heterocycles. The van der Waals surface area contributed by atoms with Crippen molar-refractivity contribution in [2.75, 3.05) is 11.6 Å². The van der Waals surface area contributed by atoms with Crippen molar-refractivity contribution in [2.24, 2.45) is 0 Å². The van der Waals surface area contributed by atoms with Crippen LogP contribution in [0.4, 0.5) is 11.5 Å². The SMILES string of the molecule is Cc1cccc(Nc2ncnc3ccc(S(C)(=O)=O)cc23)c1. The Morgan fingerprint density at radius 3 is 2.59 bits per heavy atom. The van der Waals surface area contributed by atoms with E-state index in [1.807, 2.05) is 31.2 Å². The van der Waals surface area contributed by atoms with Gasteiger partial charge in [0, 0.05) is 17.3 Å². The zero-order valence-corrected chi connectivity index (χ0v) is 13.1. The van der Waals surface area contributed by atoms with Crippen LogP contribution in [0.1, 0.15) is 5.56 Å². The Kier molecular flexibility index (Phi) is 3.54. The lowest BCUT2D eigenvalue weighted by molar-refractivity contribution is 0.602. The summed E-state index contributed by atoms with van der Waals surface area (Å²) in [5.41, 5.74) is 2.71. The van der Waals surface area contributed by atoms with E-state index in [9.17, 15) is 8.42 Å². The molecule has 0 saturated heterocycles. The molecular weight excluding hydrogens is 298 g/mol. The summed E-state index contributed by atoms with van der Waals surface area (Å²) in [6, 6.07) is 12.7. The predicted molar refractivity (Wildman–Crippen MR) is 87.1 cm³/mol. The second-order valence-corrected chi connectivity index (χ2v) is 7.18. The molecule has 0 aliphatic rings. The van der Waals surface area contributed by atoms with Crippen molar-refractivity contribution in [1.82, 2.24) is 9.97 Å². The first-order valence-electron chi connectivity index (χ1n) is 6.72. The quantitative estimate of drug-likeness (QED) is 0.804. The number of sulfone groups is 1. The second kappa shape index (κ2) is 5.38. The van der Waals surface area contributed by atoms with E-state index in [1.165, 1.54) is 12.6 Å². The Labute approximate surface area is 129 Å². The van der Waals surface area contributed by atoms with Crippen molar-refractivity contribution in [3.8, 4) is 0 Å². The molecule has 3 aromatic rings. The van der Waals surface area contributed by atoms with Crippen LogP contribution < -0.4 is 5.32 Å². The van der Waals surface area contributed by atoms with Gasteiger partial charge in [-0.15, -0.1) is 0 Å². The third kappa shape index (κ3) is 2.92. The number of hydrogen-bond acceptors (Lipinski definition) is 5. The van der Waals surface area contributed by atoms with E-state index in [-0.39, 0.29) is 4.90 Å². The van der Waals surface area contributed by atoms with Gasteiger partial charge in [0.25, 0.3) is 0 Å². The molecule has 0 fully saturated rings. The van der Waals surface area contributed by atoms with E-state index in [2.05, 4.69) is 15.3 Å². The van der Waals surface area contributed by atoms with Crippen LogP contribution in [0, 0.1) is 6.92 Å². The van der Waals surface area contributed by atoms with Crippen molar-refractivity contribution < 1.29 is 8.42 Å². The van der Waals surface area contributed by atoms with Crippen LogP contribution in [-0.2, 0) is 9.84 Å². The van der Waals surface area contributed by atoms with Crippen LogP contribution in [-0.4, -0.2) is 24.6 Å².